The lowest BCUT2D eigenvalue weighted by Gasteiger charge is -2.29. The van der Waals surface area contributed by atoms with Crippen molar-refractivity contribution in [3.8, 4) is 39.1 Å². The molecule has 0 bridgehead atoms. The fraction of sp³-hybridized carbons (Fsp3) is 0. The van der Waals surface area contributed by atoms with E-state index in [0.29, 0.717) is 0 Å². The minimum Gasteiger partial charge on any atom is -0.455 e. The van der Waals surface area contributed by atoms with Crippen molar-refractivity contribution < 1.29 is 4.42 Å². The zero-order chi connectivity index (χ0) is 42.1. The molecule has 4 heteroatoms. The lowest BCUT2D eigenvalue weighted by atomic mass is 9.97. The summed E-state index contributed by atoms with van der Waals surface area (Å²) in [6, 6.07) is 83.4. The van der Waals surface area contributed by atoms with Crippen LogP contribution >= 0.6 is 11.3 Å². The fourth-order valence-electron chi connectivity index (χ4n) is 9.83. The maximum atomic E-state index is 6.94. The molecular weight excluding hydrogens is 797 g/mol. The Kier molecular flexibility index (Phi) is 8.40. The summed E-state index contributed by atoms with van der Waals surface area (Å²) in [5.41, 5.74) is 15.1. The SMILES string of the molecule is c1ccc(-c2cccc(N(c3cccc(-c4ccc5sc6ccccc6c5c4)c3)c3ccc4c(oc5ccccc54)c3-c3ccc(-n4c5ccccc5c5ccccc54)cc3)c2)cc1. The third-order valence-corrected chi connectivity index (χ3v) is 13.9. The van der Waals surface area contributed by atoms with Crippen LogP contribution in [-0.4, -0.2) is 4.57 Å². The minimum absolute atomic E-state index is 0.860. The summed E-state index contributed by atoms with van der Waals surface area (Å²) >= 11 is 1.85. The standard InChI is InChI=1S/C60H38N2OS/c1-2-14-39(15-3-1)41-16-12-18-45(36-41)61(46-19-13-17-42(37-46)43-30-35-58-52(38-43)50-23-7-11-27-57(50)64-58)55-34-33-51-49-22-6-10-26-56(49)63-60(51)59(55)40-28-31-44(32-29-40)62-53-24-8-4-20-47(53)48-21-5-9-25-54(48)62/h1-38H. The highest BCUT2D eigenvalue weighted by Gasteiger charge is 2.24. The van der Waals surface area contributed by atoms with Crippen LogP contribution in [-0.2, 0) is 0 Å². The van der Waals surface area contributed by atoms with E-state index in [4.69, 9.17) is 4.42 Å². The van der Waals surface area contributed by atoms with Gasteiger partial charge in [0.2, 0.25) is 0 Å². The molecule has 0 fully saturated rings. The Morgan fingerprint density at radius 1 is 0.359 bits per heavy atom. The molecule has 0 aliphatic carbocycles. The number of hydrogen-bond donors (Lipinski definition) is 0. The van der Waals surface area contributed by atoms with Crippen molar-refractivity contribution in [2.45, 2.75) is 0 Å². The van der Waals surface area contributed by atoms with Gasteiger partial charge in [0, 0.05) is 64.3 Å². The van der Waals surface area contributed by atoms with Crippen LogP contribution in [0.1, 0.15) is 0 Å². The predicted molar refractivity (Wildman–Crippen MR) is 272 cm³/mol. The van der Waals surface area contributed by atoms with Crippen molar-refractivity contribution in [2.24, 2.45) is 0 Å². The molecule has 0 unspecified atom stereocenters. The molecule has 13 aromatic rings. The number of thiophene rings is 1. The van der Waals surface area contributed by atoms with Crippen molar-refractivity contribution in [2.75, 3.05) is 4.90 Å². The largest absolute Gasteiger partial charge is 0.455 e. The zero-order valence-electron chi connectivity index (χ0n) is 34.7. The lowest BCUT2D eigenvalue weighted by Crippen LogP contribution is -2.11. The normalized spacial score (nSPS) is 11.8. The van der Waals surface area contributed by atoms with Crippen molar-refractivity contribution in [1.82, 2.24) is 4.57 Å². The molecule has 0 N–H and O–H groups in total. The van der Waals surface area contributed by atoms with E-state index in [-0.39, 0.29) is 0 Å². The van der Waals surface area contributed by atoms with Gasteiger partial charge in [-0.15, -0.1) is 11.3 Å². The van der Waals surface area contributed by atoms with E-state index in [1.54, 1.807) is 0 Å². The summed E-state index contributed by atoms with van der Waals surface area (Å²) in [4.78, 5) is 2.41. The van der Waals surface area contributed by atoms with E-state index in [1.807, 2.05) is 11.3 Å². The number of hydrogen-bond acceptors (Lipinski definition) is 3. The van der Waals surface area contributed by atoms with Gasteiger partial charge in [-0.05, 0) is 113 Å². The van der Waals surface area contributed by atoms with Gasteiger partial charge in [-0.2, -0.15) is 0 Å². The number of aromatic nitrogens is 1. The fourth-order valence-corrected chi connectivity index (χ4v) is 10.9. The summed E-state index contributed by atoms with van der Waals surface area (Å²) in [6.45, 7) is 0. The summed E-state index contributed by atoms with van der Waals surface area (Å²) in [7, 11) is 0. The number of furan rings is 1. The Morgan fingerprint density at radius 3 is 1.66 bits per heavy atom. The third kappa shape index (κ3) is 5.88. The molecule has 13 rings (SSSR count). The lowest BCUT2D eigenvalue weighted by molar-refractivity contribution is 0.670. The van der Waals surface area contributed by atoms with Gasteiger partial charge in [0.1, 0.15) is 11.2 Å². The van der Waals surface area contributed by atoms with Crippen LogP contribution in [0.15, 0.2) is 235 Å². The number of anilines is 3. The molecule has 0 saturated carbocycles. The van der Waals surface area contributed by atoms with E-state index in [0.717, 1.165) is 66.9 Å². The molecule has 0 amide bonds. The molecule has 3 heterocycles. The maximum Gasteiger partial charge on any atom is 0.145 e. The minimum atomic E-state index is 0.860. The van der Waals surface area contributed by atoms with Gasteiger partial charge in [-0.25, -0.2) is 0 Å². The van der Waals surface area contributed by atoms with E-state index in [1.165, 1.54) is 53.1 Å². The van der Waals surface area contributed by atoms with Gasteiger partial charge in [-0.1, -0.05) is 146 Å². The smallest absolute Gasteiger partial charge is 0.145 e. The van der Waals surface area contributed by atoms with Gasteiger partial charge in [-0.3, -0.25) is 0 Å². The molecular formula is C60H38N2OS. The number of nitrogens with zero attached hydrogens (tertiary/aromatic N) is 2. The van der Waals surface area contributed by atoms with Gasteiger partial charge < -0.3 is 13.9 Å². The zero-order valence-corrected chi connectivity index (χ0v) is 35.5. The van der Waals surface area contributed by atoms with Gasteiger partial charge in [0.05, 0.1) is 16.7 Å². The average molecular weight is 835 g/mol. The summed E-state index contributed by atoms with van der Waals surface area (Å²) in [5, 5.41) is 7.27. The van der Waals surface area contributed by atoms with Crippen LogP contribution in [0.5, 0.6) is 0 Å². The quantitative estimate of drug-likeness (QED) is 0.159. The second kappa shape index (κ2) is 14.7. The second-order valence-electron chi connectivity index (χ2n) is 16.5. The summed E-state index contributed by atoms with van der Waals surface area (Å²) in [5.74, 6) is 0. The number of fused-ring (bicyclic) bond motifs is 9. The summed E-state index contributed by atoms with van der Waals surface area (Å²) in [6.07, 6.45) is 0. The molecule has 0 saturated heterocycles. The molecule has 3 nitrogen and oxygen atoms in total. The van der Waals surface area contributed by atoms with Crippen LogP contribution < -0.4 is 4.90 Å². The molecule has 0 radical (unpaired) electrons. The molecule has 0 aliphatic rings. The number of benzene rings is 10. The van der Waals surface area contributed by atoms with E-state index in [2.05, 4.69) is 240 Å². The Bertz CT molecular complexity index is 3860. The van der Waals surface area contributed by atoms with Crippen molar-refractivity contribution in [1.29, 1.82) is 0 Å². The average Bonchev–Trinajstić information content (AvgIpc) is 4.04. The Balaban J connectivity index is 1.04. The first-order valence-corrected chi connectivity index (χ1v) is 22.6. The highest BCUT2D eigenvalue weighted by molar-refractivity contribution is 7.25. The van der Waals surface area contributed by atoms with Crippen molar-refractivity contribution >= 4 is 92.3 Å². The Morgan fingerprint density at radius 2 is 0.922 bits per heavy atom. The van der Waals surface area contributed by atoms with E-state index >= 15 is 0 Å². The molecule has 10 aromatic carbocycles. The monoisotopic (exact) mass is 834 g/mol. The molecule has 64 heavy (non-hydrogen) atoms. The second-order valence-corrected chi connectivity index (χ2v) is 17.5. The number of para-hydroxylation sites is 3. The third-order valence-electron chi connectivity index (χ3n) is 12.8. The van der Waals surface area contributed by atoms with Crippen molar-refractivity contribution in [3.63, 3.8) is 0 Å². The van der Waals surface area contributed by atoms with Crippen molar-refractivity contribution in [3.05, 3.63) is 231 Å². The van der Waals surface area contributed by atoms with Crippen LogP contribution in [0.3, 0.4) is 0 Å². The maximum absolute atomic E-state index is 6.94. The van der Waals surface area contributed by atoms with Gasteiger partial charge in [0.25, 0.3) is 0 Å². The van der Waals surface area contributed by atoms with E-state index < -0.39 is 0 Å². The van der Waals surface area contributed by atoms with Crippen LogP contribution in [0.2, 0.25) is 0 Å². The van der Waals surface area contributed by atoms with E-state index in [9.17, 15) is 0 Å². The van der Waals surface area contributed by atoms with Crippen LogP contribution in [0.25, 0.3) is 103 Å². The first-order valence-electron chi connectivity index (χ1n) is 21.7. The topological polar surface area (TPSA) is 21.3 Å². The summed E-state index contributed by atoms with van der Waals surface area (Å²) < 4.78 is 11.9. The Hall–Kier alpha value is -8.18. The highest BCUT2D eigenvalue weighted by atomic mass is 32.1. The molecule has 3 aromatic heterocycles. The molecule has 0 aliphatic heterocycles. The van der Waals surface area contributed by atoms with Crippen LogP contribution in [0, 0.1) is 0 Å². The Labute approximate surface area is 373 Å². The molecule has 0 atom stereocenters. The highest BCUT2D eigenvalue weighted by Crippen LogP contribution is 2.48. The van der Waals surface area contributed by atoms with Crippen LogP contribution in [0.4, 0.5) is 17.1 Å². The first-order chi connectivity index (χ1) is 31.7. The predicted octanol–water partition coefficient (Wildman–Crippen LogP) is 17.5. The first kappa shape index (κ1) is 36.5. The van der Waals surface area contributed by atoms with Gasteiger partial charge in [0.15, 0.2) is 0 Å². The molecule has 300 valence electrons. The number of rotatable bonds is 7. The van der Waals surface area contributed by atoms with Gasteiger partial charge >= 0.3 is 0 Å². The molecule has 0 spiro atoms.